The highest BCUT2D eigenvalue weighted by Gasteiger charge is 2.15. The van der Waals surface area contributed by atoms with Crippen LogP contribution in [0.25, 0.3) is 0 Å². The van der Waals surface area contributed by atoms with E-state index in [9.17, 15) is 9.59 Å². The predicted molar refractivity (Wildman–Crippen MR) is 64.9 cm³/mol. The van der Waals surface area contributed by atoms with E-state index in [4.69, 9.17) is 5.11 Å². The lowest BCUT2D eigenvalue weighted by Gasteiger charge is -2.16. The van der Waals surface area contributed by atoms with Gasteiger partial charge in [0.15, 0.2) is 0 Å². The number of amides is 2. The molecule has 17 heavy (non-hydrogen) atoms. The van der Waals surface area contributed by atoms with Crippen molar-refractivity contribution in [2.24, 2.45) is 5.92 Å². The van der Waals surface area contributed by atoms with E-state index in [1.165, 1.54) is 44.1 Å². The van der Waals surface area contributed by atoms with Gasteiger partial charge in [-0.15, -0.1) is 0 Å². The van der Waals surface area contributed by atoms with Gasteiger partial charge in [-0.05, 0) is 18.8 Å². The molecule has 0 bridgehead atoms. The molecule has 0 aromatic rings. The number of carbonyl (C=O) groups is 2. The van der Waals surface area contributed by atoms with Crippen LogP contribution in [0.15, 0.2) is 0 Å². The van der Waals surface area contributed by atoms with E-state index in [0.717, 1.165) is 12.3 Å². The van der Waals surface area contributed by atoms with E-state index >= 15 is 0 Å². The highest BCUT2D eigenvalue weighted by atomic mass is 16.4. The molecule has 2 N–H and O–H groups in total. The van der Waals surface area contributed by atoms with Crippen LogP contribution in [0.2, 0.25) is 0 Å². The summed E-state index contributed by atoms with van der Waals surface area (Å²) in [5.74, 6) is -0.155. The molecule has 5 nitrogen and oxygen atoms in total. The van der Waals surface area contributed by atoms with Crippen LogP contribution in [0, 0.1) is 5.92 Å². The van der Waals surface area contributed by atoms with Crippen molar-refractivity contribution in [2.75, 3.05) is 20.1 Å². The van der Waals surface area contributed by atoms with E-state index in [1.54, 1.807) is 0 Å². The van der Waals surface area contributed by atoms with Crippen LogP contribution in [-0.4, -0.2) is 42.1 Å². The first-order chi connectivity index (χ1) is 8.09. The quantitative estimate of drug-likeness (QED) is 0.696. The molecule has 0 atom stereocenters. The summed E-state index contributed by atoms with van der Waals surface area (Å²) in [4.78, 5) is 23.0. The first-order valence-electron chi connectivity index (χ1n) is 6.30. The van der Waals surface area contributed by atoms with Crippen LogP contribution in [0.1, 0.15) is 38.5 Å². The third-order valence-corrected chi connectivity index (χ3v) is 3.26. The van der Waals surface area contributed by atoms with Gasteiger partial charge in [0.1, 0.15) is 6.54 Å². The summed E-state index contributed by atoms with van der Waals surface area (Å²) in [5, 5.41) is 11.3. The highest BCUT2D eigenvalue weighted by Crippen LogP contribution is 2.28. The van der Waals surface area contributed by atoms with E-state index in [1.807, 2.05) is 0 Å². The van der Waals surface area contributed by atoms with Crippen molar-refractivity contribution < 1.29 is 14.7 Å². The number of hydrogen-bond acceptors (Lipinski definition) is 2. The Morgan fingerprint density at radius 2 is 2.00 bits per heavy atom. The molecule has 0 saturated heterocycles. The Balaban J connectivity index is 2.04. The van der Waals surface area contributed by atoms with Crippen molar-refractivity contribution in [3.8, 4) is 0 Å². The molecule has 1 aliphatic carbocycles. The molecule has 1 rings (SSSR count). The second-order valence-electron chi connectivity index (χ2n) is 4.77. The van der Waals surface area contributed by atoms with Gasteiger partial charge in [0, 0.05) is 13.6 Å². The SMILES string of the molecule is CN(CC(=O)O)C(=O)NCCCC1CCCC1. The van der Waals surface area contributed by atoms with Crippen molar-refractivity contribution in [3.63, 3.8) is 0 Å². The number of aliphatic carboxylic acids is 1. The lowest BCUT2D eigenvalue weighted by molar-refractivity contribution is -0.137. The molecular formula is C12H22N2O3. The second kappa shape index (κ2) is 7.14. The van der Waals surface area contributed by atoms with Crippen LogP contribution in [0.3, 0.4) is 0 Å². The van der Waals surface area contributed by atoms with Gasteiger partial charge in [-0.25, -0.2) is 4.79 Å². The number of hydrogen-bond donors (Lipinski definition) is 2. The molecule has 0 radical (unpaired) electrons. The number of nitrogens with one attached hydrogen (secondary N) is 1. The average Bonchev–Trinajstić information content (AvgIpc) is 2.75. The standard InChI is InChI=1S/C12H22N2O3/c1-14(9-11(15)16)12(17)13-8-4-7-10-5-2-3-6-10/h10H,2-9H2,1H3,(H,13,17)(H,15,16). The lowest BCUT2D eigenvalue weighted by Crippen LogP contribution is -2.40. The molecule has 0 aromatic heterocycles. The zero-order valence-electron chi connectivity index (χ0n) is 10.4. The molecule has 0 heterocycles. The van der Waals surface area contributed by atoms with Crippen LogP contribution < -0.4 is 5.32 Å². The van der Waals surface area contributed by atoms with Gasteiger partial charge >= 0.3 is 12.0 Å². The van der Waals surface area contributed by atoms with E-state index in [2.05, 4.69) is 5.32 Å². The molecular weight excluding hydrogens is 220 g/mol. The first-order valence-corrected chi connectivity index (χ1v) is 6.30. The van der Waals surface area contributed by atoms with E-state index in [0.29, 0.717) is 6.54 Å². The monoisotopic (exact) mass is 242 g/mol. The molecule has 0 aromatic carbocycles. The fourth-order valence-electron chi connectivity index (χ4n) is 2.29. The molecule has 0 aliphatic heterocycles. The Kier molecular flexibility index (Phi) is 5.80. The lowest BCUT2D eigenvalue weighted by atomic mass is 10.0. The Morgan fingerprint density at radius 3 is 2.59 bits per heavy atom. The number of likely N-dealkylation sites (N-methyl/N-ethyl adjacent to an activating group) is 1. The molecule has 5 heteroatoms. The minimum Gasteiger partial charge on any atom is -0.480 e. The topological polar surface area (TPSA) is 69.6 Å². The van der Waals surface area contributed by atoms with Crippen LogP contribution in [0.4, 0.5) is 4.79 Å². The zero-order chi connectivity index (χ0) is 12.7. The van der Waals surface area contributed by atoms with Gasteiger partial charge in [0.05, 0.1) is 0 Å². The third kappa shape index (κ3) is 5.56. The summed E-state index contributed by atoms with van der Waals surface area (Å²) in [7, 11) is 1.49. The van der Waals surface area contributed by atoms with Crippen LogP contribution >= 0.6 is 0 Å². The number of carbonyl (C=O) groups excluding carboxylic acids is 1. The summed E-state index contributed by atoms with van der Waals surface area (Å²) in [6, 6.07) is -0.307. The van der Waals surface area contributed by atoms with Gasteiger partial charge < -0.3 is 15.3 Å². The molecule has 0 unspecified atom stereocenters. The number of urea groups is 1. The van der Waals surface area contributed by atoms with Crippen molar-refractivity contribution in [3.05, 3.63) is 0 Å². The summed E-state index contributed by atoms with van der Waals surface area (Å²) in [6.45, 7) is 0.383. The maximum Gasteiger partial charge on any atom is 0.323 e. The molecule has 98 valence electrons. The summed E-state index contributed by atoms with van der Waals surface area (Å²) in [5.41, 5.74) is 0. The van der Waals surface area contributed by atoms with Crippen LogP contribution in [0.5, 0.6) is 0 Å². The van der Waals surface area contributed by atoms with Crippen molar-refractivity contribution in [1.29, 1.82) is 0 Å². The van der Waals surface area contributed by atoms with Gasteiger partial charge in [-0.2, -0.15) is 0 Å². The first kappa shape index (κ1) is 13.8. The largest absolute Gasteiger partial charge is 0.480 e. The maximum atomic E-state index is 11.4. The third-order valence-electron chi connectivity index (χ3n) is 3.26. The Hall–Kier alpha value is -1.26. The Labute approximate surface area is 102 Å². The van der Waals surface area contributed by atoms with Crippen molar-refractivity contribution in [1.82, 2.24) is 10.2 Å². The summed E-state index contributed by atoms with van der Waals surface area (Å²) >= 11 is 0. The summed E-state index contributed by atoms with van der Waals surface area (Å²) < 4.78 is 0. The highest BCUT2D eigenvalue weighted by molar-refractivity contribution is 5.79. The number of carboxylic acids is 1. The van der Waals surface area contributed by atoms with Gasteiger partial charge in [-0.1, -0.05) is 25.7 Å². The summed E-state index contributed by atoms with van der Waals surface area (Å²) in [6.07, 6.45) is 7.50. The molecule has 1 fully saturated rings. The number of nitrogens with zero attached hydrogens (tertiary/aromatic N) is 1. The van der Waals surface area contributed by atoms with Gasteiger partial charge in [-0.3, -0.25) is 4.79 Å². The Bertz CT molecular complexity index is 262. The van der Waals surface area contributed by atoms with Crippen molar-refractivity contribution >= 4 is 12.0 Å². The van der Waals surface area contributed by atoms with Crippen molar-refractivity contribution in [2.45, 2.75) is 38.5 Å². The van der Waals surface area contributed by atoms with Crippen LogP contribution in [-0.2, 0) is 4.79 Å². The fraction of sp³-hybridized carbons (Fsp3) is 0.833. The van der Waals surface area contributed by atoms with Gasteiger partial charge in [0.2, 0.25) is 0 Å². The second-order valence-corrected chi connectivity index (χ2v) is 4.77. The molecule has 1 aliphatic rings. The van der Waals surface area contributed by atoms with Gasteiger partial charge in [0.25, 0.3) is 0 Å². The maximum absolute atomic E-state index is 11.4. The number of rotatable bonds is 6. The normalized spacial score (nSPS) is 15.8. The smallest absolute Gasteiger partial charge is 0.323 e. The molecule has 0 spiro atoms. The zero-order valence-corrected chi connectivity index (χ0v) is 10.4. The number of carboxylic acid groups (broad SMARTS) is 1. The predicted octanol–water partition coefficient (Wildman–Crippen LogP) is 1.68. The van der Waals surface area contributed by atoms with E-state index < -0.39 is 5.97 Å². The van der Waals surface area contributed by atoms with E-state index in [-0.39, 0.29) is 12.6 Å². The fourth-order valence-corrected chi connectivity index (χ4v) is 2.29. The molecule has 2 amide bonds. The minimum atomic E-state index is -0.992. The average molecular weight is 242 g/mol. The Morgan fingerprint density at radius 1 is 1.35 bits per heavy atom. The minimum absolute atomic E-state index is 0.255. The molecule has 1 saturated carbocycles.